The van der Waals surface area contributed by atoms with Crippen molar-refractivity contribution in [1.82, 2.24) is 15.1 Å². The summed E-state index contributed by atoms with van der Waals surface area (Å²) in [5, 5.41) is 3.21. The molecule has 2 unspecified atom stereocenters. The number of urea groups is 1. The van der Waals surface area contributed by atoms with Crippen molar-refractivity contribution in [3.05, 3.63) is 0 Å². The van der Waals surface area contributed by atoms with E-state index < -0.39 is 0 Å². The van der Waals surface area contributed by atoms with Gasteiger partial charge in [0.15, 0.2) is 0 Å². The Morgan fingerprint density at radius 1 is 1.06 bits per heavy atom. The minimum Gasteiger partial charge on any atom is -0.335 e. The average Bonchev–Trinajstić information content (AvgIpc) is 2.36. The third kappa shape index (κ3) is 3.16. The first-order valence-electron chi connectivity index (χ1n) is 7.35. The highest BCUT2D eigenvalue weighted by molar-refractivity contribution is 5.74. The van der Waals surface area contributed by atoms with Crippen molar-refractivity contribution in [2.24, 2.45) is 0 Å². The van der Waals surface area contributed by atoms with Crippen molar-refractivity contribution in [1.29, 1.82) is 0 Å². The molecule has 4 heteroatoms. The van der Waals surface area contributed by atoms with Crippen LogP contribution in [0.2, 0.25) is 0 Å². The van der Waals surface area contributed by atoms with E-state index in [-0.39, 0.29) is 6.03 Å². The molecule has 1 N–H and O–H groups in total. The lowest BCUT2D eigenvalue weighted by Gasteiger charge is -2.42. The van der Waals surface area contributed by atoms with Gasteiger partial charge in [0.05, 0.1) is 0 Å². The van der Waals surface area contributed by atoms with Gasteiger partial charge >= 0.3 is 6.03 Å². The molecule has 2 aliphatic rings. The molecule has 0 aromatic rings. The second-order valence-electron chi connectivity index (χ2n) is 6.05. The van der Waals surface area contributed by atoms with Crippen molar-refractivity contribution >= 4 is 6.03 Å². The zero-order valence-electron chi connectivity index (χ0n) is 12.0. The van der Waals surface area contributed by atoms with Gasteiger partial charge in [0.2, 0.25) is 0 Å². The maximum atomic E-state index is 12.3. The number of carbonyl (C=O) groups is 1. The molecular weight excluding hydrogens is 226 g/mol. The number of hydrogen-bond acceptors (Lipinski definition) is 2. The fourth-order valence-electron chi connectivity index (χ4n) is 3.08. The van der Waals surface area contributed by atoms with E-state index in [4.69, 9.17) is 0 Å². The van der Waals surface area contributed by atoms with Crippen LogP contribution in [-0.4, -0.2) is 54.1 Å². The molecule has 2 fully saturated rings. The van der Waals surface area contributed by atoms with Gasteiger partial charge in [0, 0.05) is 31.2 Å². The lowest BCUT2D eigenvalue weighted by molar-refractivity contribution is 0.0754. The van der Waals surface area contributed by atoms with E-state index in [9.17, 15) is 4.79 Å². The number of piperazine rings is 1. The molecular formula is C14H27N3O. The van der Waals surface area contributed by atoms with Crippen LogP contribution >= 0.6 is 0 Å². The Morgan fingerprint density at radius 3 is 2.17 bits per heavy atom. The molecule has 104 valence electrons. The predicted molar refractivity (Wildman–Crippen MR) is 73.7 cm³/mol. The second-order valence-corrected chi connectivity index (χ2v) is 6.05. The van der Waals surface area contributed by atoms with Gasteiger partial charge in [-0.25, -0.2) is 4.79 Å². The molecule has 0 aromatic carbocycles. The highest BCUT2D eigenvalue weighted by Crippen LogP contribution is 2.18. The minimum atomic E-state index is 0.147. The summed E-state index contributed by atoms with van der Waals surface area (Å²) in [6.45, 7) is 6.08. The maximum Gasteiger partial charge on any atom is 0.317 e. The van der Waals surface area contributed by atoms with E-state index in [1.54, 1.807) is 0 Å². The summed E-state index contributed by atoms with van der Waals surface area (Å²) in [5.74, 6) is 0. The van der Waals surface area contributed by atoms with Crippen LogP contribution in [0.15, 0.2) is 0 Å². The first kappa shape index (κ1) is 13.7. The van der Waals surface area contributed by atoms with E-state index in [0.717, 1.165) is 25.9 Å². The molecule has 0 bridgehead atoms. The van der Waals surface area contributed by atoms with E-state index in [1.165, 1.54) is 19.3 Å². The van der Waals surface area contributed by atoms with Gasteiger partial charge in [-0.15, -0.1) is 0 Å². The summed E-state index contributed by atoms with van der Waals surface area (Å²) < 4.78 is 0. The SMILES string of the molecule is CC1CN(C(=O)NC2CCCCC2)CC(C)N1C. The van der Waals surface area contributed by atoms with Crippen LogP contribution in [0.1, 0.15) is 46.0 Å². The van der Waals surface area contributed by atoms with E-state index >= 15 is 0 Å². The topological polar surface area (TPSA) is 35.6 Å². The fourth-order valence-corrected chi connectivity index (χ4v) is 3.08. The Balaban J connectivity index is 1.85. The molecule has 4 nitrogen and oxygen atoms in total. The first-order chi connectivity index (χ1) is 8.58. The minimum absolute atomic E-state index is 0.147. The molecule has 2 amide bonds. The van der Waals surface area contributed by atoms with Crippen LogP contribution in [0.25, 0.3) is 0 Å². The lowest BCUT2D eigenvalue weighted by atomic mass is 9.96. The fraction of sp³-hybridized carbons (Fsp3) is 0.929. The number of amides is 2. The summed E-state index contributed by atoms with van der Waals surface area (Å²) in [7, 11) is 2.14. The number of hydrogen-bond donors (Lipinski definition) is 1. The number of carbonyl (C=O) groups excluding carboxylic acids is 1. The van der Waals surface area contributed by atoms with Gasteiger partial charge in [0.1, 0.15) is 0 Å². The van der Waals surface area contributed by atoms with Crippen LogP contribution in [0, 0.1) is 0 Å². The summed E-state index contributed by atoms with van der Waals surface area (Å²) in [4.78, 5) is 16.6. The Hall–Kier alpha value is -0.770. The van der Waals surface area contributed by atoms with Crippen LogP contribution in [-0.2, 0) is 0 Å². The molecule has 1 heterocycles. The summed E-state index contributed by atoms with van der Waals surface area (Å²) >= 11 is 0. The van der Waals surface area contributed by atoms with Crippen molar-refractivity contribution in [3.63, 3.8) is 0 Å². The van der Waals surface area contributed by atoms with Crippen molar-refractivity contribution < 1.29 is 4.79 Å². The molecule has 0 spiro atoms. The van der Waals surface area contributed by atoms with Crippen LogP contribution in [0.3, 0.4) is 0 Å². The maximum absolute atomic E-state index is 12.3. The molecule has 18 heavy (non-hydrogen) atoms. The smallest absolute Gasteiger partial charge is 0.317 e. The zero-order valence-corrected chi connectivity index (χ0v) is 12.0. The van der Waals surface area contributed by atoms with Gasteiger partial charge in [-0.2, -0.15) is 0 Å². The largest absolute Gasteiger partial charge is 0.335 e. The standard InChI is InChI=1S/C14H27N3O/c1-11-9-17(10-12(2)16(11)3)14(18)15-13-7-5-4-6-8-13/h11-13H,4-10H2,1-3H3,(H,15,18). The average molecular weight is 253 g/mol. The normalized spacial score (nSPS) is 31.4. The van der Waals surface area contributed by atoms with Gasteiger partial charge in [-0.05, 0) is 33.7 Å². The Kier molecular flexibility index (Phi) is 4.49. The Labute approximate surface area is 111 Å². The van der Waals surface area contributed by atoms with Crippen LogP contribution < -0.4 is 5.32 Å². The lowest BCUT2D eigenvalue weighted by Crippen LogP contribution is -2.59. The van der Waals surface area contributed by atoms with Crippen LogP contribution in [0.4, 0.5) is 4.79 Å². The third-order valence-electron chi connectivity index (χ3n) is 4.58. The van der Waals surface area contributed by atoms with Crippen LogP contribution in [0.5, 0.6) is 0 Å². The van der Waals surface area contributed by atoms with E-state index in [0.29, 0.717) is 18.1 Å². The number of likely N-dealkylation sites (N-methyl/N-ethyl adjacent to an activating group) is 1. The summed E-state index contributed by atoms with van der Waals surface area (Å²) in [5.41, 5.74) is 0. The molecule has 1 aliphatic carbocycles. The van der Waals surface area contributed by atoms with E-state index in [2.05, 4.69) is 31.1 Å². The third-order valence-corrected chi connectivity index (χ3v) is 4.58. The molecule has 1 saturated heterocycles. The predicted octanol–water partition coefficient (Wildman–Crippen LogP) is 2.05. The zero-order chi connectivity index (χ0) is 13.1. The summed E-state index contributed by atoms with van der Waals surface area (Å²) in [6, 6.07) is 1.46. The molecule has 1 aliphatic heterocycles. The highest BCUT2D eigenvalue weighted by Gasteiger charge is 2.30. The molecule has 0 radical (unpaired) electrons. The number of nitrogens with zero attached hydrogens (tertiary/aromatic N) is 2. The number of nitrogens with one attached hydrogen (secondary N) is 1. The van der Waals surface area contributed by atoms with Crippen molar-refractivity contribution in [2.75, 3.05) is 20.1 Å². The van der Waals surface area contributed by atoms with E-state index in [1.807, 2.05) is 4.90 Å². The number of rotatable bonds is 1. The Morgan fingerprint density at radius 2 is 1.61 bits per heavy atom. The Bertz CT molecular complexity index is 277. The van der Waals surface area contributed by atoms with Gasteiger partial charge in [0.25, 0.3) is 0 Å². The highest BCUT2D eigenvalue weighted by atomic mass is 16.2. The van der Waals surface area contributed by atoms with Crippen molar-refractivity contribution in [2.45, 2.75) is 64.1 Å². The summed E-state index contributed by atoms with van der Waals surface area (Å²) in [6.07, 6.45) is 6.17. The quantitative estimate of drug-likeness (QED) is 0.776. The molecule has 2 rings (SSSR count). The molecule has 0 aromatic heterocycles. The second kappa shape index (κ2) is 5.91. The monoisotopic (exact) mass is 253 g/mol. The van der Waals surface area contributed by atoms with Gasteiger partial charge in [-0.3, -0.25) is 4.90 Å². The first-order valence-corrected chi connectivity index (χ1v) is 7.35. The molecule has 1 saturated carbocycles. The molecule has 2 atom stereocenters. The van der Waals surface area contributed by atoms with Crippen molar-refractivity contribution in [3.8, 4) is 0 Å². The van der Waals surface area contributed by atoms with Gasteiger partial charge < -0.3 is 10.2 Å². The van der Waals surface area contributed by atoms with Gasteiger partial charge in [-0.1, -0.05) is 19.3 Å².